The smallest absolute Gasteiger partial charge is 0.360 e. The van der Waals surface area contributed by atoms with E-state index in [1.807, 2.05) is 12.1 Å². The summed E-state index contributed by atoms with van der Waals surface area (Å²) in [5, 5.41) is 6.74. The van der Waals surface area contributed by atoms with Crippen LogP contribution in [0.3, 0.4) is 0 Å². The van der Waals surface area contributed by atoms with E-state index in [0.717, 1.165) is 0 Å². The molecule has 1 amide bonds. The molecule has 0 aliphatic carbocycles. The second-order valence-electron chi connectivity index (χ2n) is 6.08. The van der Waals surface area contributed by atoms with Gasteiger partial charge in [0.15, 0.2) is 23.0 Å². The minimum absolute atomic E-state index is 0.0205. The van der Waals surface area contributed by atoms with E-state index >= 15 is 0 Å². The molecule has 0 atom stereocenters. The molecule has 9 nitrogen and oxygen atoms in total. The molecule has 2 aromatic heterocycles. The Morgan fingerprint density at radius 3 is 2.55 bits per heavy atom. The van der Waals surface area contributed by atoms with Crippen LogP contribution in [0.1, 0.15) is 32.5 Å². The van der Waals surface area contributed by atoms with Gasteiger partial charge in [-0.1, -0.05) is 12.1 Å². The van der Waals surface area contributed by atoms with Crippen molar-refractivity contribution < 1.29 is 28.2 Å². The van der Waals surface area contributed by atoms with Crippen LogP contribution in [0.2, 0.25) is 0 Å². The lowest BCUT2D eigenvalue weighted by Gasteiger charge is -2.08. The maximum Gasteiger partial charge on any atom is 0.360 e. The number of anilines is 1. The molecule has 2 heterocycles. The Bertz CT molecular complexity index is 1040. The lowest BCUT2D eigenvalue weighted by atomic mass is 10.3. The first-order chi connectivity index (χ1) is 13.9. The van der Waals surface area contributed by atoms with E-state index in [-0.39, 0.29) is 23.7 Å². The molecule has 3 rings (SSSR count). The Kier molecular flexibility index (Phi) is 5.87. The van der Waals surface area contributed by atoms with Crippen LogP contribution in [0.15, 0.2) is 40.8 Å². The van der Waals surface area contributed by atoms with Gasteiger partial charge in [-0.3, -0.25) is 9.48 Å². The number of hydrogen-bond donors (Lipinski definition) is 1. The number of benzene rings is 1. The van der Waals surface area contributed by atoms with Gasteiger partial charge >= 0.3 is 5.97 Å². The van der Waals surface area contributed by atoms with Gasteiger partial charge in [0, 0.05) is 7.05 Å². The van der Waals surface area contributed by atoms with Crippen LogP contribution >= 0.6 is 0 Å². The number of esters is 1. The Balaban J connectivity index is 1.71. The fraction of sp³-hybridized carbons (Fsp3) is 0.250. The topological polar surface area (TPSA) is 105 Å². The van der Waals surface area contributed by atoms with Crippen LogP contribution in [0, 0.1) is 6.92 Å². The van der Waals surface area contributed by atoms with Crippen molar-refractivity contribution in [2.45, 2.75) is 13.5 Å². The van der Waals surface area contributed by atoms with E-state index in [4.69, 9.17) is 18.6 Å². The normalized spacial score (nSPS) is 10.5. The molecule has 1 N–H and O–H groups in total. The molecule has 0 bridgehead atoms. The monoisotopic (exact) mass is 399 g/mol. The van der Waals surface area contributed by atoms with E-state index in [9.17, 15) is 9.59 Å². The number of amides is 1. The van der Waals surface area contributed by atoms with Crippen molar-refractivity contribution in [1.82, 2.24) is 9.78 Å². The molecular formula is C20H21N3O6. The fourth-order valence-corrected chi connectivity index (χ4v) is 2.64. The highest BCUT2D eigenvalue weighted by Crippen LogP contribution is 2.27. The molecule has 29 heavy (non-hydrogen) atoms. The molecule has 152 valence electrons. The van der Waals surface area contributed by atoms with Crippen molar-refractivity contribution >= 4 is 17.6 Å². The average molecular weight is 399 g/mol. The largest absolute Gasteiger partial charge is 0.493 e. The van der Waals surface area contributed by atoms with Crippen molar-refractivity contribution in [2.75, 3.05) is 19.5 Å². The lowest BCUT2D eigenvalue weighted by molar-refractivity contribution is 0.0594. The first-order valence-corrected chi connectivity index (χ1v) is 8.72. The van der Waals surface area contributed by atoms with Crippen LogP contribution in [0.5, 0.6) is 11.5 Å². The van der Waals surface area contributed by atoms with E-state index in [0.29, 0.717) is 23.0 Å². The van der Waals surface area contributed by atoms with Gasteiger partial charge in [-0.2, -0.15) is 5.10 Å². The summed E-state index contributed by atoms with van der Waals surface area (Å²) in [6.07, 6.45) is 0. The maximum absolute atomic E-state index is 12.6. The molecular weight excluding hydrogens is 378 g/mol. The van der Waals surface area contributed by atoms with Crippen LogP contribution in [-0.4, -0.2) is 35.9 Å². The Morgan fingerprint density at radius 1 is 1.14 bits per heavy atom. The summed E-state index contributed by atoms with van der Waals surface area (Å²) in [6, 6.07) is 10.4. The van der Waals surface area contributed by atoms with Gasteiger partial charge in [-0.05, 0) is 31.2 Å². The summed E-state index contributed by atoms with van der Waals surface area (Å²) < 4.78 is 22.7. The van der Waals surface area contributed by atoms with Gasteiger partial charge in [-0.15, -0.1) is 0 Å². The molecule has 3 aromatic rings. The van der Waals surface area contributed by atoms with E-state index in [2.05, 4.69) is 10.4 Å². The average Bonchev–Trinajstić information content (AvgIpc) is 3.32. The van der Waals surface area contributed by atoms with Gasteiger partial charge in [0.25, 0.3) is 5.91 Å². The SMILES string of the molecule is COC(=O)c1nn(C)c(C)c1NC(=O)c1ccc(COc2ccccc2OC)o1. The Labute approximate surface area is 167 Å². The molecule has 0 aliphatic rings. The summed E-state index contributed by atoms with van der Waals surface area (Å²) in [5.41, 5.74) is 0.893. The van der Waals surface area contributed by atoms with Gasteiger partial charge in [0.1, 0.15) is 12.4 Å². The highest BCUT2D eigenvalue weighted by atomic mass is 16.5. The Morgan fingerprint density at radius 2 is 1.86 bits per heavy atom. The first kappa shape index (κ1) is 20.0. The number of para-hydroxylation sites is 2. The molecule has 0 fully saturated rings. The van der Waals surface area contributed by atoms with Crippen molar-refractivity contribution in [3.8, 4) is 11.5 Å². The molecule has 0 saturated heterocycles. The number of aromatic nitrogens is 2. The number of rotatable bonds is 7. The van der Waals surface area contributed by atoms with Crippen LogP contribution in [-0.2, 0) is 18.4 Å². The van der Waals surface area contributed by atoms with Crippen molar-refractivity contribution in [2.24, 2.45) is 7.05 Å². The summed E-state index contributed by atoms with van der Waals surface area (Å²) in [6.45, 7) is 1.84. The summed E-state index contributed by atoms with van der Waals surface area (Å²) >= 11 is 0. The second-order valence-corrected chi connectivity index (χ2v) is 6.08. The van der Waals surface area contributed by atoms with E-state index < -0.39 is 11.9 Å². The quantitative estimate of drug-likeness (QED) is 0.609. The number of ether oxygens (including phenoxy) is 3. The maximum atomic E-state index is 12.6. The number of aryl methyl sites for hydroxylation is 1. The zero-order valence-corrected chi connectivity index (χ0v) is 16.5. The molecule has 1 aromatic carbocycles. The number of furan rings is 1. The second kappa shape index (κ2) is 8.51. The predicted octanol–water partition coefficient (Wildman–Crippen LogP) is 2.95. The van der Waals surface area contributed by atoms with E-state index in [1.54, 1.807) is 39.3 Å². The summed E-state index contributed by atoms with van der Waals surface area (Å²) in [4.78, 5) is 24.5. The lowest BCUT2D eigenvalue weighted by Crippen LogP contribution is -2.15. The fourth-order valence-electron chi connectivity index (χ4n) is 2.64. The number of nitrogens with one attached hydrogen (secondary N) is 1. The van der Waals surface area contributed by atoms with Gasteiger partial charge in [-0.25, -0.2) is 4.79 Å². The summed E-state index contributed by atoms with van der Waals surface area (Å²) in [5.74, 6) is 0.523. The molecule has 0 spiro atoms. The number of carbonyl (C=O) groups excluding carboxylic acids is 2. The molecule has 9 heteroatoms. The first-order valence-electron chi connectivity index (χ1n) is 8.72. The molecule has 0 radical (unpaired) electrons. The number of nitrogens with zero attached hydrogens (tertiary/aromatic N) is 2. The third-order valence-electron chi connectivity index (χ3n) is 4.28. The highest BCUT2D eigenvalue weighted by Gasteiger charge is 2.23. The van der Waals surface area contributed by atoms with Gasteiger partial charge in [0.2, 0.25) is 0 Å². The molecule has 0 unspecified atom stereocenters. The van der Waals surface area contributed by atoms with Crippen molar-refractivity contribution in [3.05, 3.63) is 59.3 Å². The van der Waals surface area contributed by atoms with Gasteiger partial charge < -0.3 is 23.9 Å². The third-order valence-corrected chi connectivity index (χ3v) is 4.28. The number of methoxy groups -OCH3 is 2. The minimum atomic E-state index is -0.644. The molecule has 0 aliphatic heterocycles. The number of carbonyl (C=O) groups is 2. The minimum Gasteiger partial charge on any atom is -0.493 e. The van der Waals surface area contributed by atoms with Crippen LogP contribution in [0.25, 0.3) is 0 Å². The zero-order valence-electron chi connectivity index (χ0n) is 16.5. The highest BCUT2D eigenvalue weighted by molar-refractivity contribution is 6.06. The Hall–Kier alpha value is -3.75. The predicted molar refractivity (Wildman–Crippen MR) is 103 cm³/mol. The zero-order chi connectivity index (χ0) is 21.0. The van der Waals surface area contributed by atoms with Crippen molar-refractivity contribution in [1.29, 1.82) is 0 Å². The van der Waals surface area contributed by atoms with Crippen LogP contribution in [0.4, 0.5) is 5.69 Å². The van der Waals surface area contributed by atoms with E-state index in [1.165, 1.54) is 17.9 Å². The molecule has 0 saturated carbocycles. The number of hydrogen-bond acceptors (Lipinski definition) is 7. The van der Waals surface area contributed by atoms with Crippen molar-refractivity contribution in [3.63, 3.8) is 0 Å². The standard InChI is InChI=1S/C20H21N3O6/c1-12-17(18(20(25)27-4)22-23(12)2)21-19(24)16-10-9-13(29-16)11-28-15-8-6-5-7-14(15)26-3/h5-10H,11H2,1-4H3,(H,21,24). The third kappa shape index (κ3) is 4.23. The summed E-state index contributed by atoms with van der Waals surface area (Å²) in [7, 11) is 4.47. The van der Waals surface area contributed by atoms with Gasteiger partial charge in [0.05, 0.1) is 25.6 Å². The van der Waals surface area contributed by atoms with Crippen LogP contribution < -0.4 is 14.8 Å².